The van der Waals surface area contributed by atoms with Gasteiger partial charge in [-0.2, -0.15) is 0 Å². The molecule has 0 spiro atoms. The van der Waals surface area contributed by atoms with Gasteiger partial charge in [0.15, 0.2) is 10.8 Å². The predicted octanol–water partition coefficient (Wildman–Crippen LogP) is 3.00. The molecule has 7 nitrogen and oxygen atoms in total. The molecule has 0 unspecified atom stereocenters. The molecule has 1 heterocycles. The molecule has 1 aromatic heterocycles. The molecule has 0 aliphatic carbocycles. The molecule has 2 aromatic rings. The van der Waals surface area contributed by atoms with Crippen molar-refractivity contribution in [3.63, 3.8) is 0 Å². The Hall–Kier alpha value is -2.74. The second-order valence-electron chi connectivity index (χ2n) is 6.20. The third-order valence-electron chi connectivity index (χ3n) is 3.34. The molecule has 0 radical (unpaired) electrons. The van der Waals surface area contributed by atoms with Crippen LogP contribution in [0.3, 0.4) is 0 Å². The summed E-state index contributed by atoms with van der Waals surface area (Å²) in [5, 5.41) is 10.9. The van der Waals surface area contributed by atoms with Crippen molar-refractivity contribution in [3.05, 3.63) is 40.9 Å². The molecule has 2 N–H and O–H groups in total. The summed E-state index contributed by atoms with van der Waals surface area (Å²) >= 11 is 1.19. The van der Waals surface area contributed by atoms with Crippen molar-refractivity contribution in [2.24, 2.45) is 5.16 Å². The molecule has 0 fully saturated rings. The molecule has 8 heteroatoms. The Kier molecular flexibility index (Phi) is 5.87. The van der Waals surface area contributed by atoms with Crippen LogP contribution >= 0.6 is 11.3 Å². The van der Waals surface area contributed by atoms with Gasteiger partial charge in [0.1, 0.15) is 12.8 Å². The van der Waals surface area contributed by atoms with Crippen molar-refractivity contribution >= 4 is 40.2 Å². The molecule has 1 aromatic carbocycles. The first-order valence-corrected chi connectivity index (χ1v) is 8.42. The van der Waals surface area contributed by atoms with E-state index in [1.54, 1.807) is 5.38 Å². The van der Waals surface area contributed by atoms with E-state index in [-0.39, 0.29) is 11.1 Å². The minimum atomic E-state index is -0.451. The molecule has 132 valence electrons. The van der Waals surface area contributed by atoms with Crippen molar-refractivity contribution in [3.8, 4) is 0 Å². The van der Waals surface area contributed by atoms with E-state index in [1.807, 2.05) is 24.3 Å². The second-order valence-corrected chi connectivity index (χ2v) is 7.06. The first kappa shape index (κ1) is 18.6. The number of nitrogens with zero attached hydrogens (tertiary/aromatic N) is 2. The SMILES string of the molecule is CO/N=C(/C(=O)Nc1ccc(C(C)(C)C)cc1)c1csc(NC=O)n1. The van der Waals surface area contributed by atoms with Gasteiger partial charge in [0, 0.05) is 11.1 Å². The molecule has 25 heavy (non-hydrogen) atoms. The number of anilines is 2. The number of amides is 2. The summed E-state index contributed by atoms with van der Waals surface area (Å²) in [7, 11) is 1.35. The number of thiazole rings is 1. The maximum absolute atomic E-state index is 12.5. The minimum Gasteiger partial charge on any atom is -0.398 e. The molecular weight excluding hydrogens is 340 g/mol. The van der Waals surface area contributed by atoms with Crippen LogP contribution < -0.4 is 10.6 Å². The summed E-state index contributed by atoms with van der Waals surface area (Å²) < 4.78 is 0. The van der Waals surface area contributed by atoms with Gasteiger partial charge in [-0.25, -0.2) is 4.98 Å². The zero-order valence-corrected chi connectivity index (χ0v) is 15.3. The van der Waals surface area contributed by atoms with Crippen LogP contribution in [-0.4, -0.2) is 30.1 Å². The van der Waals surface area contributed by atoms with E-state index < -0.39 is 5.91 Å². The monoisotopic (exact) mass is 360 g/mol. The van der Waals surface area contributed by atoms with Gasteiger partial charge in [0.05, 0.1) is 0 Å². The molecule has 2 rings (SSSR count). The smallest absolute Gasteiger partial charge is 0.280 e. The lowest BCUT2D eigenvalue weighted by atomic mass is 9.87. The molecule has 0 bridgehead atoms. The van der Waals surface area contributed by atoms with Crippen LogP contribution in [0, 0.1) is 0 Å². The Morgan fingerprint density at radius 2 is 1.96 bits per heavy atom. The van der Waals surface area contributed by atoms with Gasteiger partial charge < -0.3 is 15.5 Å². The molecule has 0 aliphatic heterocycles. The van der Waals surface area contributed by atoms with E-state index >= 15 is 0 Å². The van der Waals surface area contributed by atoms with Crippen LogP contribution in [0.25, 0.3) is 0 Å². The Balaban J connectivity index is 2.17. The second kappa shape index (κ2) is 7.89. The van der Waals surface area contributed by atoms with E-state index in [1.165, 1.54) is 24.0 Å². The average molecular weight is 360 g/mol. The number of rotatable bonds is 6. The predicted molar refractivity (Wildman–Crippen MR) is 99.1 cm³/mol. The number of carbonyl (C=O) groups excluding carboxylic acids is 2. The molecule has 0 atom stereocenters. The zero-order chi connectivity index (χ0) is 18.4. The number of aromatic nitrogens is 1. The lowest BCUT2D eigenvalue weighted by molar-refractivity contribution is -0.110. The van der Waals surface area contributed by atoms with Crippen molar-refractivity contribution in [1.82, 2.24) is 4.98 Å². The Morgan fingerprint density at radius 3 is 2.52 bits per heavy atom. The zero-order valence-electron chi connectivity index (χ0n) is 14.5. The third kappa shape index (κ3) is 4.87. The maximum atomic E-state index is 12.5. The van der Waals surface area contributed by atoms with Gasteiger partial charge in [0.2, 0.25) is 6.41 Å². The fraction of sp³-hybridized carbons (Fsp3) is 0.294. The highest BCUT2D eigenvalue weighted by Crippen LogP contribution is 2.23. The highest BCUT2D eigenvalue weighted by Gasteiger charge is 2.19. The van der Waals surface area contributed by atoms with Crippen molar-refractivity contribution in [2.45, 2.75) is 26.2 Å². The normalized spacial score (nSPS) is 11.8. The summed E-state index contributed by atoms with van der Waals surface area (Å²) in [6, 6.07) is 7.61. The first-order chi connectivity index (χ1) is 11.8. The standard InChI is InChI=1S/C17H20N4O3S/c1-17(2,3)11-5-7-12(8-6-11)19-15(23)14(21-24-4)13-9-25-16(20-13)18-10-22/h5-10H,1-4H3,(H,19,23)(H,18,20,22)/b21-14+. The fourth-order valence-electron chi connectivity index (χ4n) is 2.04. The van der Waals surface area contributed by atoms with Crippen molar-refractivity contribution < 1.29 is 14.4 Å². The van der Waals surface area contributed by atoms with Gasteiger partial charge in [-0.3, -0.25) is 9.59 Å². The quantitative estimate of drug-likeness (QED) is 0.470. The van der Waals surface area contributed by atoms with E-state index in [9.17, 15) is 9.59 Å². The average Bonchev–Trinajstić information content (AvgIpc) is 3.00. The number of oxime groups is 1. The number of nitrogens with one attached hydrogen (secondary N) is 2. The van der Waals surface area contributed by atoms with Gasteiger partial charge in [-0.1, -0.05) is 38.1 Å². The molecular formula is C17H20N4O3S. The Labute approximate surface area is 150 Å². The Bertz CT molecular complexity index is 776. The molecule has 0 aliphatic rings. The largest absolute Gasteiger partial charge is 0.398 e. The Morgan fingerprint density at radius 1 is 1.28 bits per heavy atom. The van der Waals surface area contributed by atoms with Crippen LogP contribution in [0.15, 0.2) is 34.8 Å². The van der Waals surface area contributed by atoms with Crippen molar-refractivity contribution in [2.75, 3.05) is 17.7 Å². The number of hydrogen-bond acceptors (Lipinski definition) is 6. The van der Waals surface area contributed by atoms with Crippen LogP contribution in [0.5, 0.6) is 0 Å². The van der Waals surface area contributed by atoms with E-state index in [4.69, 9.17) is 4.84 Å². The lowest BCUT2D eigenvalue weighted by Gasteiger charge is -2.19. The van der Waals surface area contributed by atoms with Gasteiger partial charge in [-0.05, 0) is 23.1 Å². The van der Waals surface area contributed by atoms with Gasteiger partial charge >= 0.3 is 0 Å². The topological polar surface area (TPSA) is 92.7 Å². The summed E-state index contributed by atoms with van der Waals surface area (Å²) in [6.07, 6.45) is 0.520. The van der Waals surface area contributed by atoms with Crippen LogP contribution in [0.4, 0.5) is 10.8 Å². The van der Waals surface area contributed by atoms with Gasteiger partial charge in [0.25, 0.3) is 5.91 Å². The van der Waals surface area contributed by atoms with Crippen LogP contribution in [-0.2, 0) is 19.8 Å². The lowest BCUT2D eigenvalue weighted by Crippen LogP contribution is -2.24. The summed E-state index contributed by atoms with van der Waals surface area (Å²) in [6.45, 7) is 6.37. The third-order valence-corrected chi connectivity index (χ3v) is 4.11. The number of hydrogen-bond donors (Lipinski definition) is 2. The number of carbonyl (C=O) groups is 2. The summed E-state index contributed by atoms with van der Waals surface area (Å²) in [4.78, 5) is 31.9. The van der Waals surface area contributed by atoms with E-state index in [2.05, 4.69) is 41.5 Å². The summed E-state index contributed by atoms with van der Waals surface area (Å²) in [5.74, 6) is -0.451. The first-order valence-electron chi connectivity index (χ1n) is 7.54. The molecule has 0 saturated heterocycles. The highest BCUT2D eigenvalue weighted by molar-refractivity contribution is 7.14. The minimum absolute atomic E-state index is 0.0256. The number of benzene rings is 1. The van der Waals surface area contributed by atoms with Gasteiger partial charge in [-0.15, -0.1) is 11.3 Å². The van der Waals surface area contributed by atoms with E-state index in [0.29, 0.717) is 22.9 Å². The maximum Gasteiger partial charge on any atom is 0.280 e. The fourth-order valence-corrected chi connectivity index (χ4v) is 2.69. The molecule has 2 amide bonds. The van der Waals surface area contributed by atoms with E-state index in [0.717, 1.165) is 0 Å². The van der Waals surface area contributed by atoms with Crippen molar-refractivity contribution in [1.29, 1.82) is 0 Å². The summed E-state index contributed by atoms with van der Waals surface area (Å²) in [5.41, 5.74) is 2.19. The highest BCUT2D eigenvalue weighted by atomic mass is 32.1. The molecule has 0 saturated carbocycles. The van der Waals surface area contributed by atoms with Crippen LogP contribution in [0.2, 0.25) is 0 Å². The van der Waals surface area contributed by atoms with Crippen LogP contribution in [0.1, 0.15) is 32.0 Å².